The van der Waals surface area contributed by atoms with Crippen molar-refractivity contribution in [2.45, 2.75) is 5.25 Å². The number of rotatable bonds is 3. The van der Waals surface area contributed by atoms with Crippen molar-refractivity contribution in [2.75, 3.05) is 0 Å². The number of para-hydroxylation sites is 1. The minimum atomic E-state index is -0.786. The summed E-state index contributed by atoms with van der Waals surface area (Å²) < 4.78 is 15.9. The third-order valence-corrected chi connectivity index (χ3v) is 5.51. The number of thiol groups is 1. The van der Waals surface area contributed by atoms with E-state index in [9.17, 15) is 9.18 Å². The maximum atomic E-state index is 14.7. The Morgan fingerprint density at radius 3 is 2.77 bits per heavy atom. The van der Waals surface area contributed by atoms with E-state index in [0.717, 1.165) is 0 Å². The zero-order chi connectivity index (χ0) is 20.8. The Bertz CT molecular complexity index is 1480. The molecule has 3 heterocycles. The van der Waals surface area contributed by atoms with E-state index in [1.54, 1.807) is 30.3 Å². The van der Waals surface area contributed by atoms with Crippen LogP contribution in [-0.2, 0) is 0 Å². The summed E-state index contributed by atoms with van der Waals surface area (Å²) in [5.41, 5.74) is 1.38. The Labute approximate surface area is 179 Å². The van der Waals surface area contributed by atoms with E-state index in [1.807, 2.05) is 0 Å². The number of nitrogens with one attached hydrogen (secondary N) is 1. The Kier molecular flexibility index (Phi) is 4.48. The van der Waals surface area contributed by atoms with E-state index in [0.29, 0.717) is 22.4 Å². The van der Waals surface area contributed by atoms with Gasteiger partial charge in [0.2, 0.25) is 0 Å². The predicted octanol–water partition coefficient (Wildman–Crippen LogP) is 3.86. The first kappa shape index (κ1) is 18.7. The molecule has 5 aromatic rings. The topological polar surface area (TPSA) is 89.3 Å². The zero-order valence-corrected chi connectivity index (χ0v) is 16.8. The first-order chi connectivity index (χ1) is 14.6. The lowest BCUT2D eigenvalue weighted by atomic mass is 10.2. The molecule has 0 amide bonds. The molecule has 0 saturated heterocycles. The molecule has 0 aliphatic rings. The number of nitrogens with zero attached hydrogens (tertiary/aromatic N) is 5. The second-order valence-corrected chi connectivity index (χ2v) is 7.38. The molecule has 10 heteroatoms. The Hall–Kier alpha value is -3.30. The fourth-order valence-electron chi connectivity index (χ4n) is 3.37. The number of hydrogen-bond acceptors (Lipinski definition) is 6. The number of fused-ring (bicyclic) bond motifs is 2. The Morgan fingerprint density at radius 2 is 1.93 bits per heavy atom. The van der Waals surface area contributed by atoms with E-state index >= 15 is 0 Å². The summed E-state index contributed by atoms with van der Waals surface area (Å²) in [5, 5.41) is -0.358. The quantitative estimate of drug-likeness (QED) is 0.417. The molecule has 1 unspecified atom stereocenters. The molecule has 2 aromatic carbocycles. The normalized spacial score (nSPS) is 12.5. The highest BCUT2D eigenvalue weighted by atomic mass is 35.5. The molecule has 0 saturated carbocycles. The van der Waals surface area contributed by atoms with Crippen LogP contribution in [-0.4, -0.2) is 29.5 Å². The van der Waals surface area contributed by atoms with Gasteiger partial charge in [-0.1, -0.05) is 29.8 Å². The third kappa shape index (κ3) is 2.86. The maximum Gasteiger partial charge on any atom is 0.267 e. The van der Waals surface area contributed by atoms with Gasteiger partial charge in [-0.3, -0.25) is 9.36 Å². The van der Waals surface area contributed by atoms with Crippen molar-refractivity contribution < 1.29 is 4.39 Å². The smallest absolute Gasteiger partial charge is 0.267 e. The van der Waals surface area contributed by atoms with Crippen LogP contribution in [0.1, 0.15) is 16.8 Å². The molecular formula is C20H12ClFN6OS. The largest absolute Gasteiger partial charge is 0.342 e. The maximum absolute atomic E-state index is 14.7. The van der Waals surface area contributed by atoms with Gasteiger partial charge in [0, 0.05) is 0 Å². The lowest BCUT2D eigenvalue weighted by Crippen LogP contribution is -2.26. The van der Waals surface area contributed by atoms with Crippen molar-refractivity contribution >= 4 is 46.3 Å². The average molecular weight is 439 g/mol. The van der Waals surface area contributed by atoms with Crippen LogP contribution in [0.3, 0.4) is 0 Å². The Balaban J connectivity index is 1.87. The van der Waals surface area contributed by atoms with E-state index in [1.165, 1.54) is 29.4 Å². The Morgan fingerprint density at radius 1 is 1.10 bits per heavy atom. The molecule has 0 aliphatic heterocycles. The fraction of sp³-hybridized carbons (Fsp3) is 0.0500. The van der Waals surface area contributed by atoms with Gasteiger partial charge in [0.15, 0.2) is 5.65 Å². The van der Waals surface area contributed by atoms with Crippen LogP contribution in [0.4, 0.5) is 4.39 Å². The van der Waals surface area contributed by atoms with E-state index in [4.69, 9.17) is 24.2 Å². The van der Waals surface area contributed by atoms with Gasteiger partial charge in [-0.2, -0.15) is 12.6 Å². The standard InChI is InChI=1S/C20H12ClFN6OS/c21-10-4-3-6-12-14(10)20(29)28(13-7-2-1-5-11(13)22)19(27-12)17(30)15-16-18(25-8-23-15)26-9-24-16/h1-9,17,30H,(H,23,24,25,26). The summed E-state index contributed by atoms with van der Waals surface area (Å²) in [6.07, 6.45) is 2.84. The number of aromatic amines is 1. The second kappa shape index (κ2) is 7.19. The van der Waals surface area contributed by atoms with E-state index in [-0.39, 0.29) is 21.9 Å². The highest BCUT2D eigenvalue weighted by Crippen LogP contribution is 2.32. The molecule has 148 valence electrons. The van der Waals surface area contributed by atoms with Gasteiger partial charge in [-0.15, -0.1) is 0 Å². The van der Waals surface area contributed by atoms with Gasteiger partial charge in [0.05, 0.1) is 33.6 Å². The van der Waals surface area contributed by atoms with Gasteiger partial charge >= 0.3 is 0 Å². The van der Waals surface area contributed by atoms with Crippen LogP contribution in [0.2, 0.25) is 5.02 Å². The van der Waals surface area contributed by atoms with Crippen LogP contribution < -0.4 is 5.56 Å². The molecule has 1 atom stereocenters. The number of imidazole rings is 1. The van der Waals surface area contributed by atoms with E-state index < -0.39 is 16.6 Å². The van der Waals surface area contributed by atoms with Crippen LogP contribution in [0.5, 0.6) is 0 Å². The summed E-state index contributed by atoms with van der Waals surface area (Å²) in [6, 6.07) is 10.9. The van der Waals surface area contributed by atoms with Crippen LogP contribution >= 0.6 is 24.2 Å². The molecular weight excluding hydrogens is 427 g/mol. The van der Waals surface area contributed by atoms with Crippen LogP contribution in [0.15, 0.2) is 59.9 Å². The molecule has 0 bridgehead atoms. The molecule has 0 aliphatic carbocycles. The van der Waals surface area contributed by atoms with Crippen molar-refractivity contribution in [3.05, 3.63) is 87.8 Å². The summed E-state index contributed by atoms with van der Waals surface area (Å²) >= 11 is 11.0. The van der Waals surface area contributed by atoms with Crippen molar-refractivity contribution in [2.24, 2.45) is 0 Å². The first-order valence-corrected chi connectivity index (χ1v) is 9.74. The molecule has 0 spiro atoms. The molecule has 3 aromatic heterocycles. The van der Waals surface area contributed by atoms with Gasteiger partial charge in [0.1, 0.15) is 28.7 Å². The summed E-state index contributed by atoms with van der Waals surface area (Å²) in [7, 11) is 0. The van der Waals surface area contributed by atoms with Gasteiger partial charge in [0.25, 0.3) is 5.56 Å². The number of hydrogen-bond donors (Lipinski definition) is 2. The monoisotopic (exact) mass is 438 g/mol. The molecule has 1 N–H and O–H groups in total. The van der Waals surface area contributed by atoms with Gasteiger partial charge < -0.3 is 4.98 Å². The lowest BCUT2D eigenvalue weighted by molar-refractivity contribution is 0.612. The average Bonchev–Trinajstić information content (AvgIpc) is 3.23. The molecule has 30 heavy (non-hydrogen) atoms. The molecule has 0 fully saturated rings. The third-order valence-electron chi connectivity index (χ3n) is 4.72. The molecule has 5 rings (SSSR count). The van der Waals surface area contributed by atoms with E-state index in [2.05, 4.69) is 24.9 Å². The number of benzene rings is 2. The highest BCUT2D eigenvalue weighted by Gasteiger charge is 2.25. The van der Waals surface area contributed by atoms with Crippen molar-refractivity contribution in [3.8, 4) is 5.69 Å². The van der Waals surface area contributed by atoms with Crippen LogP contribution in [0, 0.1) is 5.82 Å². The summed E-state index contributed by atoms with van der Waals surface area (Å²) in [4.78, 5) is 33.6. The first-order valence-electron chi connectivity index (χ1n) is 8.84. The van der Waals surface area contributed by atoms with Gasteiger partial charge in [-0.05, 0) is 24.3 Å². The zero-order valence-electron chi connectivity index (χ0n) is 15.1. The summed E-state index contributed by atoms with van der Waals surface area (Å²) in [6.45, 7) is 0. The van der Waals surface area contributed by atoms with Crippen molar-refractivity contribution in [3.63, 3.8) is 0 Å². The molecule has 0 radical (unpaired) electrons. The minimum absolute atomic E-state index is 0.0424. The minimum Gasteiger partial charge on any atom is -0.342 e. The number of aromatic nitrogens is 6. The SMILES string of the molecule is O=c1c2c(Cl)cccc2nc(C(S)c2ncnc3nc[nH]c23)n1-c1ccccc1F. The molecule has 7 nitrogen and oxygen atoms in total. The second-order valence-electron chi connectivity index (χ2n) is 6.46. The van der Waals surface area contributed by atoms with Crippen molar-refractivity contribution in [1.29, 1.82) is 0 Å². The summed E-state index contributed by atoms with van der Waals surface area (Å²) in [5.74, 6) is -0.387. The predicted molar refractivity (Wildman–Crippen MR) is 115 cm³/mol. The number of H-pyrrole nitrogens is 1. The highest BCUT2D eigenvalue weighted by molar-refractivity contribution is 7.80. The van der Waals surface area contributed by atoms with Crippen LogP contribution in [0.25, 0.3) is 27.8 Å². The van der Waals surface area contributed by atoms with Crippen molar-refractivity contribution in [1.82, 2.24) is 29.5 Å². The number of halogens is 2. The fourth-order valence-corrected chi connectivity index (χ4v) is 3.99. The lowest BCUT2D eigenvalue weighted by Gasteiger charge is -2.18. The van der Waals surface area contributed by atoms with Gasteiger partial charge in [-0.25, -0.2) is 24.3 Å².